The maximum atomic E-state index is 14.1. The fraction of sp³-hybridized carbons (Fsp3) is 0.250. The number of para-hydroxylation sites is 1. The number of nitrogens with one attached hydrogen (secondary N) is 2. The highest BCUT2D eigenvalue weighted by atomic mass is 32.2. The van der Waals surface area contributed by atoms with Crippen molar-refractivity contribution in [3.8, 4) is 22.9 Å². The second kappa shape index (κ2) is 13.0. The maximum absolute atomic E-state index is 14.1. The smallest absolute Gasteiger partial charge is 0.229 e. The number of aryl methyl sites for hydroxylation is 1. The van der Waals surface area contributed by atoms with Gasteiger partial charge < -0.3 is 24.9 Å². The third-order valence-corrected chi connectivity index (χ3v) is 8.21. The summed E-state index contributed by atoms with van der Waals surface area (Å²) in [6.45, 7) is 5.56. The monoisotopic (exact) mass is 666 g/mol. The van der Waals surface area contributed by atoms with Gasteiger partial charge in [0.05, 0.1) is 48.3 Å². The van der Waals surface area contributed by atoms with Crippen LogP contribution in [0.5, 0.6) is 17.2 Å². The van der Waals surface area contributed by atoms with Gasteiger partial charge in [-0.05, 0) is 55.0 Å². The van der Waals surface area contributed by atoms with Gasteiger partial charge in [0.25, 0.3) is 0 Å². The van der Waals surface area contributed by atoms with Crippen molar-refractivity contribution in [3.63, 3.8) is 0 Å². The molecule has 2 aromatic heterocycles. The standard InChI is InChI=1S/C32H32F2N6O6S/c1-19-14-21(46-31-23(33)4-3-5-24(31)34)6-7-28(19)40-32(35)22(18-36-40)30(41)27-16-20-15-26(38-47(2,42)43)29(17-25(20)37-27)45-13-10-39-8-11-44-12-9-39/h3-7,14-18,37-38H,8-13,35H2,1-2H3. The lowest BCUT2D eigenvalue weighted by Crippen LogP contribution is -2.38. The predicted octanol–water partition coefficient (Wildman–Crippen LogP) is 4.63. The van der Waals surface area contributed by atoms with Crippen molar-refractivity contribution < 1.29 is 36.2 Å². The Bertz CT molecular complexity index is 2050. The number of H-pyrrole nitrogens is 1. The molecule has 3 aromatic carbocycles. The molecule has 0 saturated carbocycles. The number of aromatic amines is 1. The van der Waals surface area contributed by atoms with Crippen LogP contribution in [0.3, 0.4) is 0 Å². The quantitative estimate of drug-likeness (QED) is 0.171. The van der Waals surface area contributed by atoms with Crippen LogP contribution in [0.4, 0.5) is 20.3 Å². The maximum Gasteiger partial charge on any atom is 0.229 e. The molecular formula is C32H32F2N6O6S. The van der Waals surface area contributed by atoms with Crippen molar-refractivity contribution in [1.82, 2.24) is 19.7 Å². The van der Waals surface area contributed by atoms with E-state index in [1.807, 2.05) is 0 Å². The van der Waals surface area contributed by atoms with Crippen LogP contribution in [0.1, 0.15) is 21.6 Å². The second-order valence-electron chi connectivity index (χ2n) is 11.1. The molecule has 1 aliphatic heterocycles. The second-order valence-corrected chi connectivity index (χ2v) is 12.8. The molecule has 0 radical (unpaired) electrons. The Morgan fingerprint density at radius 3 is 2.55 bits per heavy atom. The first kappa shape index (κ1) is 32.0. The van der Waals surface area contributed by atoms with Gasteiger partial charge >= 0.3 is 0 Å². The molecule has 0 spiro atoms. The van der Waals surface area contributed by atoms with Crippen LogP contribution in [-0.2, 0) is 14.8 Å². The van der Waals surface area contributed by atoms with Crippen LogP contribution in [0.25, 0.3) is 16.6 Å². The summed E-state index contributed by atoms with van der Waals surface area (Å²) in [4.78, 5) is 18.9. The summed E-state index contributed by atoms with van der Waals surface area (Å²) in [7, 11) is -3.62. The molecule has 0 bridgehead atoms. The molecule has 0 amide bonds. The average molecular weight is 667 g/mol. The number of nitrogens with two attached hydrogens (primary N) is 1. The van der Waals surface area contributed by atoms with Crippen molar-refractivity contribution in [2.24, 2.45) is 0 Å². The molecule has 6 rings (SSSR count). The Labute approximate surface area is 269 Å². The minimum atomic E-state index is -3.62. The Kier molecular flexibility index (Phi) is 8.86. The normalized spacial score (nSPS) is 14.0. The van der Waals surface area contributed by atoms with Gasteiger partial charge in [-0.25, -0.2) is 21.9 Å². The van der Waals surface area contributed by atoms with Gasteiger partial charge in [-0.2, -0.15) is 5.10 Å². The van der Waals surface area contributed by atoms with E-state index in [1.54, 1.807) is 37.3 Å². The molecule has 1 fully saturated rings. The number of aromatic nitrogens is 3. The van der Waals surface area contributed by atoms with Gasteiger partial charge in [0.2, 0.25) is 15.8 Å². The molecule has 1 saturated heterocycles. The summed E-state index contributed by atoms with van der Waals surface area (Å²) >= 11 is 0. The zero-order chi connectivity index (χ0) is 33.3. The molecule has 15 heteroatoms. The van der Waals surface area contributed by atoms with Gasteiger partial charge in [-0.15, -0.1) is 0 Å². The van der Waals surface area contributed by atoms with E-state index in [0.29, 0.717) is 54.3 Å². The van der Waals surface area contributed by atoms with Crippen molar-refractivity contribution in [1.29, 1.82) is 0 Å². The van der Waals surface area contributed by atoms with E-state index >= 15 is 0 Å². The topological polar surface area (TPSA) is 154 Å². The van der Waals surface area contributed by atoms with E-state index in [0.717, 1.165) is 31.5 Å². The molecule has 0 unspecified atom stereocenters. The molecule has 0 atom stereocenters. The SMILES string of the molecule is Cc1cc(Oc2c(F)cccc2F)ccc1-n1ncc(C(=O)c2cc3cc(NS(C)(=O)=O)c(OCCN4CCOCC4)cc3[nH]2)c1N. The van der Waals surface area contributed by atoms with Crippen LogP contribution < -0.4 is 19.9 Å². The number of sulfonamides is 1. The largest absolute Gasteiger partial charge is 0.490 e. The van der Waals surface area contributed by atoms with Crippen LogP contribution in [0.2, 0.25) is 0 Å². The Morgan fingerprint density at radius 2 is 1.85 bits per heavy atom. The highest BCUT2D eigenvalue weighted by Gasteiger charge is 2.22. The number of hydrogen-bond donors (Lipinski definition) is 3. The fourth-order valence-electron chi connectivity index (χ4n) is 5.29. The van der Waals surface area contributed by atoms with E-state index in [4.69, 9.17) is 19.9 Å². The highest BCUT2D eigenvalue weighted by Crippen LogP contribution is 2.34. The first-order valence-corrected chi connectivity index (χ1v) is 16.5. The summed E-state index contributed by atoms with van der Waals surface area (Å²) in [6.07, 6.45) is 2.39. The van der Waals surface area contributed by atoms with Gasteiger partial charge in [-0.3, -0.25) is 14.4 Å². The zero-order valence-electron chi connectivity index (χ0n) is 25.5. The molecule has 5 aromatic rings. The molecular weight excluding hydrogens is 634 g/mol. The van der Waals surface area contributed by atoms with E-state index in [1.165, 1.54) is 23.0 Å². The summed E-state index contributed by atoms with van der Waals surface area (Å²) in [5, 5.41) is 4.89. The van der Waals surface area contributed by atoms with Crippen molar-refractivity contribution in [2.75, 3.05) is 56.2 Å². The van der Waals surface area contributed by atoms with E-state index < -0.39 is 33.2 Å². The lowest BCUT2D eigenvalue weighted by molar-refractivity contribution is 0.0323. The van der Waals surface area contributed by atoms with Crippen LogP contribution in [-0.4, -0.2) is 79.6 Å². The Morgan fingerprint density at radius 1 is 1.11 bits per heavy atom. The Hall–Kier alpha value is -4.99. The highest BCUT2D eigenvalue weighted by molar-refractivity contribution is 7.92. The Balaban J connectivity index is 1.24. The molecule has 0 aliphatic carbocycles. The van der Waals surface area contributed by atoms with Crippen LogP contribution in [0, 0.1) is 18.6 Å². The number of carbonyl (C=O) groups excluding carboxylic acids is 1. The number of ketones is 1. The fourth-order valence-corrected chi connectivity index (χ4v) is 5.85. The molecule has 246 valence electrons. The summed E-state index contributed by atoms with van der Waals surface area (Å²) in [5.41, 5.74) is 8.66. The third kappa shape index (κ3) is 7.06. The lowest BCUT2D eigenvalue weighted by atomic mass is 10.1. The number of nitrogen functional groups attached to an aromatic ring is 1. The minimum Gasteiger partial charge on any atom is -0.490 e. The average Bonchev–Trinajstić information content (AvgIpc) is 3.61. The van der Waals surface area contributed by atoms with Gasteiger partial charge in [-0.1, -0.05) is 6.07 Å². The number of fused-ring (bicyclic) bond motifs is 1. The third-order valence-electron chi connectivity index (χ3n) is 7.62. The summed E-state index contributed by atoms with van der Waals surface area (Å²) in [6, 6.07) is 13.0. The van der Waals surface area contributed by atoms with Crippen molar-refractivity contribution >= 4 is 38.2 Å². The molecule has 4 N–H and O–H groups in total. The van der Waals surface area contributed by atoms with E-state index in [2.05, 4.69) is 19.7 Å². The van der Waals surface area contributed by atoms with E-state index in [9.17, 15) is 22.0 Å². The number of hydrogen-bond acceptors (Lipinski definition) is 9. The number of ether oxygens (including phenoxy) is 3. The number of benzene rings is 3. The van der Waals surface area contributed by atoms with Crippen molar-refractivity contribution in [2.45, 2.75) is 6.92 Å². The molecule has 3 heterocycles. The number of nitrogens with zero attached hydrogens (tertiary/aromatic N) is 3. The van der Waals surface area contributed by atoms with Gasteiger partial charge in [0.15, 0.2) is 17.4 Å². The number of halogens is 2. The molecule has 1 aliphatic rings. The predicted molar refractivity (Wildman–Crippen MR) is 172 cm³/mol. The van der Waals surface area contributed by atoms with Crippen molar-refractivity contribution in [3.05, 3.63) is 89.2 Å². The minimum absolute atomic E-state index is 0.0668. The molecule has 12 nitrogen and oxygen atoms in total. The summed E-state index contributed by atoms with van der Waals surface area (Å²) < 4.78 is 73.0. The van der Waals surface area contributed by atoms with Gasteiger partial charge in [0.1, 0.15) is 23.9 Å². The number of carbonyl (C=O) groups is 1. The summed E-state index contributed by atoms with van der Waals surface area (Å²) in [5.74, 6) is -2.05. The van der Waals surface area contributed by atoms with Crippen LogP contribution >= 0.6 is 0 Å². The first-order valence-electron chi connectivity index (χ1n) is 14.7. The first-order chi connectivity index (χ1) is 22.5. The lowest BCUT2D eigenvalue weighted by Gasteiger charge is -2.26. The van der Waals surface area contributed by atoms with Crippen LogP contribution in [0.15, 0.2) is 60.8 Å². The number of anilines is 2. The van der Waals surface area contributed by atoms with E-state index in [-0.39, 0.29) is 28.5 Å². The van der Waals surface area contributed by atoms with Gasteiger partial charge in [0, 0.05) is 36.6 Å². The number of rotatable bonds is 11. The zero-order valence-corrected chi connectivity index (χ0v) is 26.4. The molecule has 47 heavy (non-hydrogen) atoms. The number of morpholine rings is 1.